The molecule has 0 amide bonds. The number of likely N-dealkylation sites (tertiary alicyclic amines) is 1. The summed E-state index contributed by atoms with van der Waals surface area (Å²) >= 11 is 4.48. The number of aliphatic carboxylic acids is 1. The minimum Gasteiger partial charge on any atom is -0.481 e. The number of carboxylic acid groups (broad SMARTS) is 1. The molecule has 4 heteroatoms. The van der Waals surface area contributed by atoms with E-state index in [2.05, 4.69) is 17.5 Å². The van der Waals surface area contributed by atoms with Crippen molar-refractivity contribution in [3.63, 3.8) is 0 Å². The highest BCUT2D eigenvalue weighted by Crippen LogP contribution is 2.34. The fourth-order valence-electron chi connectivity index (χ4n) is 1.76. The molecule has 0 saturated carbocycles. The van der Waals surface area contributed by atoms with E-state index in [0.717, 1.165) is 13.1 Å². The SMILES string of the molecule is CC1(C(=O)O)CCN(C(C)(C)S)CC1. The zero-order valence-corrected chi connectivity index (χ0v) is 9.97. The smallest absolute Gasteiger partial charge is 0.309 e. The normalized spacial score (nSPS) is 23.4. The molecule has 1 aliphatic rings. The summed E-state index contributed by atoms with van der Waals surface area (Å²) in [7, 11) is 0. The molecular weight excluding hydrogens is 198 g/mol. The number of carbonyl (C=O) groups is 1. The van der Waals surface area contributed by atoms with Crippen LogP contribution in [0.1, 0.15) is 33.6 Å². The summed E-state index contributed by atoms with van der Waals surface area (Å²) in [6, 6.07) is 0. The Morgan fingerprint density at radius 1 is 1.43 bits per heavy atom. The van der Waals surface area contributed by atoms with E-state index >= 15 is 0 Å². The van der Waals surface area contributed by atoms with Crippen LogP contribution in [0, 0.1) is 5.41 Å². The van der Waals surface area contributed by atoms with Gasteiger partial charge in [-0.05, 0) is 33.6 Å². The highest BCUT2D eigenvalue weighted by molar-refractivity contribution is 7.81. The zero-order valence-electron chi connectivity index (χ0n) is 9.08. The lowest BCUT2D eigenvalue weighted by Crippen LogP contribution is -2.49. The summed E-state index contributed by atoms with van der Waals surface area (Å²) in [5.74, 6) is -0.672. The number of carboxylic acids is 1. The van der Waals surface area contributed by atoms with Gasteiger partial charge in [-0.3, -0.25) is 9.69 Å². The lowest BCUT2D eigenvalue weighted by molar-refractivity contribution is -0.151. The molecule has 0 aromatic heterocycles. The van der Waals surface area contributed by atoms with Crippen LogP contribution in [0.15, 0.2) is 0 Å². The Morgan fingerprint density at radius 2 is 1.86 bits per heavy atom. The van der Waals surface area contributed by atoms with Crippen LogP contribution in [0.5, 0.6) is 0 Å². The van der Waals surface area contributed by atoms with Crippen molar-refractivity contribution in [3.05, 3.63) is 0 Å². The zero-order chi connectivity index (χ0) is 11.0. The quantitative estimate of drug-likeness (QED) is 0.693. The number of hydrogen-bond donors (Lipinski definition) is 2. The van der Waals surface area contributed by atoms with Crippen molar-refractivity contribution in [1.82, 2.24) is 4.90 Å². The summed E-state index contributed by atoms with van der Waals surface area (Å²) < 4.78 is 0. The molecule has 82 valence electrons. The van der Waals surface area contributed by atoms with Crippen molar-refractivity contribution < 1.29 is 9.90 Å². The van der Waals surface area contributed by atoms with E-state index in [1.165, 1.54) is 0 Å². The van der Waals surface area contributed by atoms with Gasteiger partial charge in [-0.25, -0.2) is 0 Å². The number of hydrogen-bond acceptors (Lipinski definition) is 3. The van der Waals surface area contributed by atoms with E-state index in [-0.39, 0.29) is 4.87 Å². The van der Waals surface area contributed by atoms with Gasteiger partial charge in [-0.15, -0.1) is 0 Å². The van der Waals surface area contributed by atoms with Gasteiger partial charge < -0.3 is 5.11 Å². The molecule has 1 heterocycles. The molecule has 3 nitrogen and oxygen atoms in total. The molecule has 0 radical (unpaired) electrons. The summed E-state index contributed by atoms with van der Waals surface area (Å²) in [5, 5.41) is 9.05. The maximum absolute atomic E-state index is 11.0. The number of piperidine rings is 1. The molecule has 0 atom stereocenters. The first kappa shape index (κ1) is 11.9. The lowest BCUT2D eigenvalue weighted by atomic mass is 9.80. The average Bonchev–Trinajstić information content (AvgIpc) is 2.03. The maximum atomic E-state index is 11.0. The van der Waals surface area contributed by atoms with E-state index in [1.54, 1.807) is 0 Å². The largest absolute Gasteiger partial charge is 0.481 e. The number of thiol groups is 1. The molecule has 0 aliphatic carbocycles. The molecular formula is C10H19NO2S. The predicted molar refractivity (Wildman–Crippen MR) is 59.6 cm³/mol. The van der Waals surface area contributed by atoms with Crippen molar-refractivity contribution in [1.29, 1.82) is 0 Å². The van der Waals surface area contributed by atoms with E-state index in [1.807, 2.05) is 20.8 Å². The number of nitrogens with zero attached hydrogens (tertiary/aromatic N) is 1. The van der Waals surface area contributed by atoms with Gasteiger partial charge in [0, 0.05) is 13.1 Å². The molecule has 1 aliphatic heterocycles. The fourth-order valence-corrected chi connectivity index (χ4v) is 1.96. The molecule has 1 fully saturated rings. The van der Waals surface area contributed by atoms with Gasteiger partial charge in [-0.1, -0.05) is 0 Å². The first-order valence-corrected chi connectivity index (χ1v) is 5.41. The summed E-state index contributed by atoms with van der Waals surface area (Å²) in [6.07, 6.45) is 1.43. The third-order valence-corrected chi connectivity index (χ3v) is 3.44. The molecule has 0 aromatic rings. The van der Waals surface area contributed by atoms with Gasteiger partial charge in [-0.2, -0.15) is 12.6 Å². The molecule has 0 aromatic carbocycles. The second-order valence-corrected chi connectivity index (χ2v) is 5.94. The first-order chi connectivity index (χ1) is 6.26. The first-order valence-electron chi connectivity index (χ1n) is 4.96. The molecule has 14 heavy (non-hydrogen) atoms. The second kappa shape index (κ2) is 3.74. The average molecular weight is 217 g/mol. The Labute approximate surface area is 90.9 Å². The summed E-state index contributed by atoms with van der Waals surface area (Å²) in [5.41, 5.74) is -0.532. The van der Waals surface area contributed by atoms with Crippen LogP contribution < -0.4 is 0 Å². The monoisotopic (exact) mass is 217 g/mol. The van der Waals surface area contributed by atoms with E-state index in [4.69, 9.17) is 5.11 Å². The standard InChI is InChI=1S/C10H19NO2S/c1-9(2,14)11-6-4-10(3,5-7-11)8(12)13/h14H,4-7H2,1-3H3,(H,12,13). The Hall–Kier alpha value is -0.220. The molecule has 1 N–H and O–H groups in total. The van der Waals surface area contributed by atoms with Crippen molar-refractivity contribution >= 4 is 18.6 Å². The van der Waals surface area contributed by atoms with Crippen molar-refractivity contribution in [2.45, 2.75) is 38.5 Å². The maximum Gasteiger partial charge on any atom is 0.309 e. The van der Waals surface area contributed by atoms with Gasteiger partial charge in [0.25, 0.3) is 0 Å². The van der Waals surface area contributed by atoms with E-state index in [0.29, 0.717) is 12.8 Å². The molecule has 0 bridgehead atoms. The van der Waals surface area contributed by atoms with Gasteiger partial charge in [0.1, 0.15) is 0 Å². The van der Waals surface area contributed by atoms with Crippen molar-refractivity contribution in [2.75, 3.05) is 13.1 Å². The predicted octanol–water partition coefficient (Wildman–Crippen LogP) is 1.84. The summed E-state index contributed by atoms with van der Waals surface area (Å²) in [6.45, 7) is 7.55. The molecule has 0 unspecified atom stereocenters. The van der Waals surface area contributed by atoms with Gasteiger partial charge >= 0.3 is 5.97 Å². The topological polar surface area (TPSA) is 40.5 Å². The van der Waals surface area contributed by atoms with Gasteiger partial charge in [0.2, 0.25) is 0 Å². The van der Waals surface area contributed by atoms with Crippen LogP contribution in [-0.4, -0.2) is 33.9 Å². The third kappa shape index (κ3) is 2.42. The van der Waals surface area contributed by atoms with Crippen LogP contribution in [0.25, 0.3) is 0 Å². The number of rotatable bonds is 2. The second-order valence-electron chi connectivity index (χ2n) is 4.85. The van der Waals surface area contributed by atoms with Crippen molar-refractivity contribution in [2.24, 2.45) is 5.41 Å². The van der Waals surface area contributed by atoms with E-state index in [9.17, 15) is 4.79 Å². The van der Waals surface area contributed by atoms with E-state index < -0.39 is 11.4 Å². The van der Waals surface area contributed by atoms with Crippen LogP contribution in [0.2, 0.25) is 0 Å². The van der Waals surface area contributed by atoms with Crippen LogP contribution in [0.3, 0.4) is 0 Å². The minimum absolute atomic E-state index is 0.139. The highest BCUT2D eigenvalue weighted by Gasteiger charge is 2.39. The third-order valence-electron chi connectivity index (χ3n) is 3.16. The van der Waals surface area contributed by atoms with Crippen LogP contribution >= 0.6 is 12.6 Å². The summed E-state index contributed by atoms with van der Waals surface area (Å²) in [4.78, 5) is 13.1. The van der Waals surface area contributed by atoms with Gasteiger partial charge in [0.15, 0.2) is 0 Å². The molecule has 1 rings (SSSR count). The molecule has 0 spiro atoms. The molecule has 1 saturated heterocycles. The van der Waals surface area contributed by atoms with Crippen molar-refractivity contribution in [3.8, 4) is 0 Å². The Bertz CT molecular complexity index is 227. The Kier molecular flexibility index (Phi) is 3.17. The van der Waals surface area contributed by atoms with Crippen LogP contribution in [0.4, 0.5) is 0 Å². The minimum atomic E-state index is -0.672. The fraction of sp³-hybridized carbons (Fsp3) is 0.900. The van der Waals surface area contributed by atoms with Crippen LogP contribution in [-0.2, 0) is 4.79 Å². The highest BCUT2D eigenvalue weighted by atomic mass is 32.1. The van der Waals surface area contributed by atoms with Gasteiger partial charge in [0.05, 0.1) is 10.3 Å². The Morgan fingerprint density at radius 3 is 2.14 bits per heavy atom. The Balaban J connectivity index is 2.59. The lowest BCUT2D eigenvalue weighted by Gasteiger charge is -2.42.